The molecule has 0 atom stereocenters. The number of carbonyl (C=O) groups is 1. The number of primary amides is 1. The number of fused-ring (bicyclic) bond motifs is 3. The van der Waals surface area contributed by atoms with E-state index in [-0.39, 0.29) is 12.0 Å². The van der Waals surface area contributed by atoms with Crippen LogP contribution < -0.4 is 10.6 Å². The Hall–Kier alpha value is -2.77. The number of amides is 1. The lowest BCUT2D eigenvalue weighted by Crippen LogP contribution is -2.43. The Bertz CT molecular complexity index is 998. The Balaban J connectivity index is 2.01. The van der Waals surface area contributed by atoms with Crippen molar-refractivity contribution in [3.05, 3.63) is 35.8 Å². The number of anilines is 1. The molecule has 1 saturated heterocycles. The molecule has 1 amide bonds. The zero-order chi connectivity index (χ0) is 17.8. The number of carbonyl (C=O) groups excluding carboxylic acids is 1. The van der Waals surface area contributed by atoms with Gasteiger partial charge in [0.2, 0.25) is 0 Å². The lowest BCUT2D eigenvalue weighted by molar-refractivity contribution is -0.0117. The monoisotopic (exact) mass is 348 g/mol. The zero-order valence-corrected chi connectivity index (χ0v) is 13.2. The van der Waals surface area contributed by atoms with Crippen LogP contribution in [0.25, 0.3) is 21.8 Å². The summed E-state index contributed by atoms with van der Waals surface area (Å²) in [7, 11) is 0. The van der Waals surface area contributed by atoms with Crippen LogP contribution in [0.3, 0.4) is 0 Å². The predicted molar refractivity (Wildman–Crippen MR) is 88.5 cm³/mol. The molecule has 3 aromatic rings. The van der Waals surface area contributed by atoms with Gasteiger partial charge in [-0.2, -0.15) is 0 Å². The largest absolute Gasteiger partial charge is 0.365 e. The fourth-order valence-corrected chi connectivity index (χ4v) is 3.43. The van der Waals surface area contributed by atoms with E-state index >= 15 is 0 Å². The minimum Gasteiger partial charge on any atom is -0.365 e. The second-order valence-corrected chi connectivity index (χ2v) is 6.31. The minimum atomic E-state index is -2.81. The Morgan fingerprint density at radius 3 is 2.88 bits per heavy atom. The molecule has 3 heterocycles. The molecule has 4 rings (SSSR count). The molecule has 3 N–H and O–H groups in total. The molecule has 1 fully saturated rings. The third-order valence-electron chi connectivity index (χ3n) is 4.53. The maximum atomic E-state index is 13.8. The van der Waals surface area contributed by atoms with E-state index in [1.165, 1.54) is 29.3 Å². The van der Waals surface area contributed by atoms with E-state index in [1.807, 2.05) is 0 Å². The topological polar surface area (TPSA) is 75.0 Å². The highest BCUT2D eigenvalue weighted by Crippen LogP contribution is 2.37. The fourth-order valence-electron chi connectivity index (χ4n) is 3.43. The SMILES string of the molecule is NC(=O)c1cnc(N2CCCC(F)(F)C2)c2c1[nH]c1ccc(F)cc12. The van der Waals surface area contributed by atoms with Crippen molar-refractivity contribution in [1.82, 2.24) is 9.97 Å². The van der Waals surface area contributed by atoms with Crippen LogP contribution in [0.15, 0.2) is 24.4 Å². The van der Waals surface area contributed by atoms with Crippen molar-refractivity contribution in [2.24, 2.45) is 5.73 Å². The molecular formula is C17H15F3N4O. The predicted octanol–water partition coefficient (Wildman–Crippen LogP) is 3.19. The second kappa shape index (κ2) is 5.37. The smallest absolute Gasteiger partial charge is 0.265 e. The van der Waals surface area contributed by atoms with Crippen LogP contribution in [0.5, 0.6) is 0 Å². The van der Waals surface area contributed by atoms with Crippen molar-refractivity contribution in [1.29, 1.82) is 0 Å². The number of nitrogens with zero attached hydrogens (tertiary/aromatic N) is 2. The number of piperidine rings is 1. The molecule has 1 aliphatic heterocycles. The van der Waals surface area contributed by atoms with Crippen molar-refractivity contribution >= 4 is 33.5 Å². The van der Waals surface area contributed by atoms with Crippen LogP contribution >= 0.6 is 0 Å². The molecule has 0 saturated carbocycles. The number of alkyl halides is 2. The normalized spacial score (nSPS) is 17.3. The van der Waals surface area contributed by atoms with E-state index in [9.17, 15) is 18.0 Å². The highest BCUT2D eigenvalue weighted by atomic mass is 19.3. The zero-order valence-electron chi connectivity index (χ0n) is 13.2. The van der Waals surface area contributed by atoms with Crippen molar-refractivity contribution in [3.63, 3.8) is 0 Å². The summed E-state index contributed by atoms with van der Waals surface area (Å²) in [5.41, 5.74) is 6.50. The summed E-state index contributed by atoms with van der Waals surface area (Å²) in [6.45, 7) is -0.0530. The molecule has 2 aromatic heterocycles. The number of hydrogen-bond donors (Lipinski definition) is 2. The summed E-state index contributed by atoms with van der Waals surface area (Å²) < 4.78 is 41.4. The van der Waals surface area contributed by atoms with Crippen LogP contribution in [0.2, 0.25) is 0 Å². The maximum absolute atomic E-state index is 13.8. The van der Waals surface area contributed by atoms with Crippen LogP contribution in [-0.4, -0.2) is 34.9 Å². The highest BCUT2D eigenvalue weighted by Gasteiger charge is 2.36. The summed E-state index contributed by atoms with van der Waals surface area (Å²) in [5.74, 6) is -3.67. The van der Waals surface area contributed by atoms with E-state index in [2.05, 4.69) is 9.97 Å². The van der Waals surface area contributed by atoms with Crippen molar-refractivity contribution in [2.75, 3.05) is 18.0 Å². The second-order valence-electron chi connectivity index (χ2n) is 6.31. The van der Waals surface area contributed by atoms with Crippen LogP contribution in [0.4, 0.5) is 19.0 Å². The average Bonchev–Trinajstić information content (AvgIpc) is 2.91. The molecule has 5 nitrogen and oxygen atoms in total. The molecule has 0 radical (unpaired) electrons. The van der Waals surface area contributed by atoms with E-state index in [1.54, 1.807) is 0 Å². The van der Waals surface area contributed by atoms with Gasteiger partial charge >= 0.3 is 0 Å². The first-order valence-electron chi connectivity index (χ1n) is 7.88. The molecule has 0 bridgehead atoms. The van der Waals surface area contributed by atoms with Crippen molar-refractivity contribution in [2.45, 2.75) is 18.8 Å². The molecular weight excluding hydrogens is 333 g/mol. The summed E-state index contributed by atoms with van der Waals surface area (Å²) in [5, 5.41) is 0.915. The molecule has 1 aromatic carbocycles. The summed E-state index contributed by atoms with van der Waals surface area (Å²) in [4.78, 5) is 20.4. The number of aromatic nitrogens is 2. The number of H-pyrrole nitrogens is 1. The van der Waals surface area contributed by atoms with E-state index in [4.69, 9.17) is 5.73 Å². The fraction of sp³-hybridized carbons (Fsp3) is 0.294. The molecule has 8 heteroatoms. The van der Waals surface area contributed by atoms with E-state index < -0.39 is 24.2 Å². The van der Waals surface area contributed by atoms with Crippen molar-refractivity contribution in [3.8, 4) is 0 Å². The minimum absolute atomic E-state index is 0.138. The number of nitrogens with two attached hydrogens (primary N) is 1. The van der Waals surface area contributed by atoms with E-state index in [0.717, 1.165) is 0 Å². The molecule has 130 valence electrons. The first kappa shape index (κ1) is 15.7. The highest BCUT2D eigenvalue weighted by molar-refractivity contribution is 6.18. The Morgan fingerprint density at radius 1 is 1.36 bits per heavy atom. The van der Waals surface area contributed by atoms with Gasteiger partial charge in [-0.05, 0) is 24.6 Å². The number of rotatable bonds is 2. The van der Waals surface area contributed by atoms with Crippen molar-refractivity contribution < 1.29 is 18.0 Å². The third kappa shape index (κ3) is 2.57. The van der Waals surface area contributed by atoms with Gasteiger partial charge in [-0.3, -0.25) is 4.79 Å². The Morgan fingerprint density at radius 2 is 2.16 bits per heavy atom. The molecule has 0 aliphatic carbocycles. The summed E-state index contributed by atoms with van der Waals surface area (Å²) in [6.07, 6.45) is 1.43. The molecule has 1 aliphatic rings. The first-order valence-corrected chi connectivity index (χ1v) is 7.88. The van der Waals surface area contributed by atoms with Gasteiger partial charge in [0.15, 0.2) is 0 Å². The quantitative estimate of drug-likeness (QED) is 0.747. The van der Waals surface area contributed by atoms with E-state index in [0.29, 0.717) is 40.6 Å². The molecule has 0 spiro atoms. The Kier molecular flexibility index (Phi) is 3.38. The van der Waals surface area contributed by atoms with Gasteiger partial charge in [0.05, 0.1) is 23.0 Å². The first-order chi connectivity index (χ1) is 11.9. The lowest BCUT2D eigenvalue weighted by atomic mass is 10.1. The van der Waals surface area contributed by atoms with Gasteiger partial charge < -0.3 is 15.6 Å². The van der Waals surface area contributed by atoms with Gasteiger partial charge in [-0.15, -0.1) is 0 Å². The molecule has 25 heavy (non-hydrogen) atoms. The number of benzene rings is 1. The number of aromatic amines is 1. The van der Waals surface area contributed by atoms with Crippen LogP contribution in [0, 0.1) is 5.82 Å². The number of pyridine rings is 1. The van der Waals surface area contributed by atoms with Gasteiger partial charge in [-0.1, -0.05) is 0 Å². The average molecular weight is 348 g/mol. The van der Waals surface area contributed by atoms with Crippen LogP contribution in [-0.2, 0) is 0 Å². The molecule has 0 unspecified atom stereocenters. The summed E-state index contributed by atoms with van der Waals surface area (Å²) in [6, 6.07) is 4.11. The number of nitrogens with one attached hydrogen (secondary N) is 1. The third-order valence-corrected chi connectivity index (χ3v) is 4.53. The van der Waals surface area contributed by atoms with Gasteiger partial charge in [0.25, 0.3) is 11.8 Å². The Labute approximate surface area is 140 Å². The number of halogens is 3. The number of hydrogen-bond acceptors (Lipinski definition) is 3. The summed E-state index contributed by atoms with van der Waals surface area (Å²) >= 11 is 0. The van der Waals surface area contributed by atoms with Gasteiger partial charge in [0.1, 0.15) is 11.6 Å². The lowest BCUT2D eigenvalue weighted by Gasteiger charge is -2.33. The van der Waals surface area contributed by atoms with Gasteiger partial charge in [-0.25, -0.2) is 18.2 Å². The maximum Gasteiger partial charge on any atom is 0.265 e. The van der Waals surface area contributed by atoms with Gasteiger partial charge in [0, 0.05) is 30.1 Å². The standard InChI is InChI=1S/C17H15F3N4O/c18-9-2-3-12-10(6-9)13-14(23-12)11(15(21)25)7-22-16(13)24-5-1-4-17(19,20)8-24/h2-3,6-7,23H,1,4-5,8H2,(H2,21,25). The van der Waals surface area contributed by atoms with Crippen LogP contribution in [0.1, 0.15) is 23.2 Å².